The molecule has 0 aliphatic heterocycles. The van der Waals surface area contributed by atoms with Gasteiger partial charge in [0, 0.05) is 12.1 Å². The Morgan fingerprint density at radius 2 is 1.52 bits per heavy atom. The zero-order valence-corrected chi connectivity index (χ0v) is 14.3. The van der Waals surface area contributed by atoms with Crippen molar-refractivity contribution < 1.29 is 33.4 Å². The predicted octanol–water partition coefficient (Wildman–Crippen LogP) is -0.0487. The number of pyridine rings is 1. The zero-order chi connectivity index (χ0) is 19.0. The maximum absolute atomic E-state index is 12.3. The standard InChI is InChI=1S/C16H20N2O7/c1-9(11(14(20)23-2)15(21)24-3)12(16(22)25-4)18-13(19)10-7-5-6-8-17-10/h5-9,11-12H,1-4H3,(H,18,19)/t9-,12+/m1/s1. The first-order chi connectivity index (χ1) is 11.9. The second-order valence-electron chi connectivity index (χ2n) is 5.07. The molecule has 1 aromatic rings. The van der Waals surface area contributed by atoms with Gasteiger partial charge in [0.15, 0.2) is 5.92 Å². The maximum Gasteiger partial charge on any atom is 0.328 e. The van der Waals surface area contributed by atoms with E-state index in [0.29, 0.717) is 0 Å². The third-order valence-electron chi connectivity index (χ3n) is 3.60. The summed E-state index contributed by atoms with van der Waals surface area (Å²) in [5.74, 6) is -5.66. The number of carbonyl (C=O) groups excluding carboxylic acids is 4. The number of hydrogen-bond acceptors (Lipinski definition) is 8. The van der Waals surface area contributed by atoms with Gasteiger partial charge in [-0.15, -0.1) is 0 Å². The highest BCUT2D eigenvalue weighted by atomic mass is 16.5. The lowest BCUT2D eigenvalue weighted by atomic mass is 9.87. The van der Waals surface area contributed by atoms with Crippen LogP contribution in [0.25, 0.3) is 0 Å². The highest BCUT2D eigenvalue weighted by Crippen LogP contribution is 2.20. The quantitative estimate of drug-likeness (QED) is 0.412. The van der Waals surface area contributed by atoms with E-state index in [4.69, 9.17) is 0 Å². The van der Waals surface area contributed by atoms with Gasteiger partial charge in [0.2, 0.25) is 0 Å². The SMILES string of the molecule is COC(=O)C(C(=O)OC)[C@@H](C)[C@H](NC(=O)c1ccccn1)C(=O)OC. The number of nitrogens with zero attached hydrogens (tertiary/aromatic N) is 1. The first-order valence-corrected chi connectivity index (χ1v) is 7.32. The molecule has 1 amide bonds. The van der Waals surface area contributed by atoms with Gasteiger partial charge in [0.1, 0.15) is 11.7 Å². The van der Waals surface area contributed by atoms with E-state index >= 15 is 0 Å². The lowest BCUT2D eigenvalue weighted by Gasteiger charge is -2.26. The van der Waals surface area contributed by atoms with E-state index in [-0.39, 0.29) is 5.69 Å². The molecule has 136 valence electrons. The number of carbonyl (C=O) groups is 4. The average Bonchev–Trinajstić information content (AvgIpc) is 2.65. The number of ether oxygens (including phenoxy) is 3. The summed E-state index contributed by atoms with van der Waals surface area (Å²) in [7, 11) is 3.33. The van der Waals surface area contributed by atoms with Crippen LogP contribution in [0.15, 0.2) is 24.4 Å². The summed E-state index contributed by atoms with van der Waals surface area (Å²) >= 11 is 0. The monoisotopic (exact) mass is 352 g/mol. The average molecular weight is 352 g/mol. The molecular formula is C16H20N2O7. The van der Waals surface area contributed by atoms with Crippen LogP contribution in [0.5, 0.6) is 0 Å². The second kappa shape index (κ2) is 9.36. The molecule has 1 heterocycles. The van der Waals surface area contributed by atoms with Crippen molar-refractivity contribution >= 4 is 23.8 Å². The smallest absolute Gasteiger partial charge is 0.328 e. The maximum atomic E-state index is 12.3. The molecule has 0 saturated carbocycles. The highest BCUT2D eigenvalue weighted by molar-refractivity contribution is 5.98. The van der Waals surface area contributed by atoms with Crippen molar-refractivity contribution in [3.05, 3.63) is 30.1 Å². The molecule has 0 bridgehead atoms. The first kappa shape index (κ1) is 20.1. The molecule has 2 atom stereocenters. The number of nitrogens with one attached hydrogen (secondary N) is 1. The largest absolute Gasteiger partial charge is 0.468 e. The molecule has 9 heteroatoms. The van der Waals surface area contributed by atoms with Crippen LogP contribution in [0.1, 0.15) is 17.4 Å². The van der Waals surface area contributed by atoms with E-state index in [1.807, 2.05) is 0 Å². The summed E-state index contributed by atoms with van der Waals surface area (Å²) in [6, 6.07) is 3.39. The van der Waals surface area contributed by atoms with Crippen molar-refractivity contribution in [2.45, 2.75) is 13.0 Å². The molecule has 0 aromatic carbocycles. The molecule has 0 aliphatic rings. The highest BCUT2D eigenvalue weighted by Gasteiger charge is 2.42. The van der Waals surface area contributed by atoms with Gasteiger partial charge in [-0.25, -0.2) is 4.79 Å². The molecule has 25 heavy (non-hydrogen) atoms. The molecule has 0 spiro atoms. The molecular weight excluding hydrogens is 332 g/mol. The first-order valence-electron chi connectivity index (χ1n) is 7.32. The van der Waals surface area contributed by atoms with Crippen LogP contribution >= 0.6 is 0 Å². The topological polar surface area (TPSA) is 121 Å². The summed E-state index contributed by atoms with van der Waals surface area (Å²) in [4.78, 5) is 52.1. The van der Waals surface area contributed by atoms with Crippen LogP contribution in [0.4, 0.5) is 0 Å². The summed E-state index contributed by atoms with van der Waals surface area (Å²) in [5.41, 5.74) is 0.0660. The van der Waals surface area contributed by atoms with E-state index < -0.39 is 41.7 Å². The minimum atomic E-state index is -1.41. The molecule has 0 fully saturated rings. The Labute approximate surface area is 144 Å². The molecule has 0 radical (unpaired) electrons. The van der Waals surface area contributed by atoms with Gasteiger partial charge in [0.25, 0.3) is 5.91 Å². The Morgan fingerprint density at radius 3 is 1.96 bits per heavy atom. The van der Waals surface area contributed by atoms with Crippen molar-refractivity contribution in [2.75, 3.05) is 21.3 Å². The Balaban J connectivity index is 3.11. The van der Waals surface area contributed by atoms with Crippen LogP contribution in [-0.2, 0) is 28.6 Å². The van der Waals surface area contributed by atoms with Crippen molar-refractivity contribution in [3.63, 3.8) is 0 Å². The van der Waals surface area contributed by atoms with E-state index in [1.54, 1.807) is 12.1 Å². The van der Waals surface area contributed by atoms with Gasteiger partial charge >= 0.3 is 17.9 Å². The second-order valence-corrected chi connectivity index (χ2v) is 5.07. The number of aromatic nitrogens is 1. The molecule has 0 unspecified atom stereocenters. The van der Waals surface area contributed by atoms with E-state index in [1.165, 1.54) is 19.2 Å². The Kier molecular flexibility index (Phi) is 7.51. The van der Waals surface area contributed by atoms with Crippen molar-refractivity contribution in [1.82, 2.24) is 10.3 Å². The molecule has 0 saturated heterocycles. The van der Waals surface area contributed by atoms with Crippen LogP contribution in [0.2, 0.25) is 0 Å². The third kappa shape index (κ3) is 5.00. The van der Waals surface area contributed by atoms with Crippen LogP contribution < -0.4 is 5.32 Å². The number of hydrogen-bond donors (Lipinski definition) is 1. The molecule has 1 N–H and O–H groups in total. The number of rotatable bonds is 7. The number of methoxy groups -OCH3 is 3. The van der Waals surface area contributed by atoms with E-state index in [2.05, 4.69) is 24.5 Å². The fraction of sp³-hybridized carbons (Fsp3) is 0.438. The van der Waals surface area contributed by atoms with Gasteiger partial charge in [-0.2, -0.15) is 0 Å². The van der Waals surface area contributed by atoms with Crippen LogP contribution in [-0.4, -0.2) is 56.2 Å². The minimum absolute atomic E-state index is 0.0660. The van der Waals surface area contributed by atoms with Crippen LogP contribution in [0, 0.1) is 11.8 Å². The van der Waals surface area contributed by atoms with Gasteiger partial charge < -0.3 is 19.5 Å². The van der Waals surface area contributed by atoms with Gasteiger partial charge in [-0.3, -0.25) is 19.4 Å². The number of amides is 1. The lowest BCUT2D eigenvalue weighted by Crippen LogP contribution is -2.51. The Morgan fingerprint density at radius 1 is 0.960 bits per heavy atom. The fourth-order valence-corrected chi connectivity index (χ4v) is 2.22. The van der Waals surface area contributed by atoms with Gasteiger partial charge in [0.05, 0.1) is 21.3 Å². The summed E-state index contributed by atoms with van der Waals surface area (Å²) in [5, 5.41) is 2.43. The van der Waals surface area contributed by atoms with E-state index in [0.717, 1.165) is 21.3 Å². The third-order valence-corrected chi connectivity index (χ3v) is 3.60. The van der Waals surface area contributed by atoms with Crippen molar-refractivity contribution in [1.29, 1.82) is 0 Å². The van der Waals surface area contributed by atoms with Gasteiger partial charge in [-0.05, 0) is 12.1 Å². The molecule has 1 aromatic heterocycles. The zero-order valence-electron chi connectivity index (χ0n) is 14.3. The number of esters is 3. The van der Waals surface area contributed by atoms with Crippen molar-refractivity contribution in [2.24, 2.45) is 11.8 Å². The fourth-order valence-electron chi connectivity index (χ4n) is 2.22. The predicted molar refractivity (Wildman–Crippen MR) is 84.2 cm³/mol. The minimum Gasteiger partial charge on any atom is -0.468 e. The summed E-state index contributed by atoms with van der Waals surface area (Å²) in [6.07, 6.45) is 1.41. The summed E-state index contributed by atoms with van der Waals surface area (Å²) < 4.78 is 13.9. The van der Waals surface area contributed by atoms with Crippen molar-refractivity contribution in [3.8, 4) is 0 Å². The molecule has 1 rings (SSSR count). The normalized spacial score (nSPS) is 12.7. The molecule has 9 nitrogen and oxygen atoms in total. The summed E-state index contributed by atoms with van der Waals surface area (Å²) in [6.45, 7) is 1.43. The molecule has 0 aliphatic carbocycles. The Bertz CT molecular complexity index is 617. The van der Waals surface area contributed by atoms with Gasteiger partial charge in [-0.1, -0.05) is 13.0 Å². The Hall–Kier alpha value is -2.97. The lowest BCUT2D eigenvalue weighted by molar-refractivity contribution is -0.162. The van der Waals surface area contributed by atoms with Crippen LogP contribution in [0.3, 0.4) is 0 Å². The van der Waals surface area contributed by atoms with E-state index in [9.17, 15) is 19.2 Å².